The Kier molecular flexibility index (Phi) is 4.56. The molecule has 1 heterocycles. The summed E-state index contributed by atoms with van der Waals surface area (Å²) in [5.74, 6) is 0. The first-order chi connectivity index (χ1) is 9.24. The van der Waals surface area contributed by atoms with Crippen LogP contribution >= 0.6 is 0 Å². The predicted octanol–water partition coefficient (Wildman–Crippen LogP) is 4.53. The van der Waals surface area contributed by atoms with Crippen molar-refractivity contribution in [3.8, 4) is 0 Å². The van der Waals surface area contributed by atoms with E-state index in [2.05, 4.69) is 55.9 Å². The molecule has 2 heteroatoms. The van der Waals surface area contributed by atoms with E-state index in [1.807, 2.05) is 6.08 Å². The lowest BCUT2D eigenvalue weighted by Gasteiger charge is -2.08. The minimum atomic E-state index is 0.291. The second-order valence-electron chi connectivity index (χ2n) is 4.99. The second kappa shape index (κ2) is 6.37. The Hall–Kier alpha value is -1.83. The van der Waals surface area contributed by atoms with Crippen LogP contribution in [0.4, 0.5) is 0 Å². The van der Waals surface area contributed by atoms with Crippen molar-refractivity contribution in [3.05, 3.63) is 48.7 Å². The summed E-state index contributed by atoms with van der Waals surface area (Å²) in [5, 5.41) is 1.31. The van der Waals surface area contributed by atoms with E-state index in [-0.39, 0.29) is 0 Å². The van der Waals surface area contributed by atoms with Gasteiger partial charge in [0.2, 0.25) is 0 Å². The van der Waals surface area contributed by atoms with Crippen LogP contribution in [0.5, 0.6) is 0 Å². The zero-order valence-electron chi connectivity index (χ0n) is 11.8. The van der Waals surface area contributed by atoms with E-state index >= 15 is 0 Å². The van der Waals surface area contributed by atoms with Crippen LogP contribution in [0.3, 0.4) is 0 Å². The molecule has 0 aliphatic heterocycles. The number of nitrogens with one attached hydrogen (secondary N) is 1. The molecule has 1 unspecified atom stereocenters. The average molecular weight is 254 g/mol. The van der Waals surface area contributed by atoms with Gasteiger partial charge in [-0.2, -0.15) is 0 Å². The summed E-state index contributed by atoms with van der Waals surface area (Å²) < 4.78 is 0. The molecule has 1 N–H and O–H groups in total. The minimum Gasteiger partial charge on any atom is -0.361 e. The molecule has 0 amide bonds. The lowest BCUT2D eigenvalue weighted by molar-refractivity contribution is 0.739. The van der Waals surface area contributed by atoms with E-state index in [1.54, 1.807) is 0 Å². The first-order valence-electron chi connectivity index (χ1n) is 6.98. The highest BCUT2D eigenvalue weighted by Crippen LogP contribution is 2.19. The molecule has 1 atom stereocenters. The number of benzene rings is 1. The van der Waals surface area contributed by atoms with Gasteiger partial charge in [0.25, 0.3) is 0 Å². The molecular formula is C17H22N2. The third-order valence-corrected chi connectivity index (χ3v) is 3.32. The van der Waals surface area contributed by atoms with Crippen molar-refractivity contribution in [3.63, 3.8) is 0 Å². The molecule has 0 spiro atoms. The Morgan fingerprint density at radius 2 is 2.21 bits per heavy atom. The monoisotopic (exact) mass is 254 g/mol. The molecule has 0 saturated carbocycles. The van der Waals surface area contributed by atoms with Crippen LogP contribution < -0.4 is 0 Å². The number of hydrogen-bond acceptors (Lipinski definition) is 1. The van der Waals surface area contributed by atoms with E-state index in [1.165, 1.54) is 16.5 Å². The zero-order chi connectivity index (χ0) is 13.7. The van der Waals surface area contributed by atoms with E-state index < -0.39 is 0 Å². The zero-order valence-corrected chi connectivity index (χ0v) is 11.8. The van der Waals surface area contributed by atoms with Crippen molar-refractivity contribution in [1.29, 1.82) is 0 Å². The third kappa shape index (κ3) is 3.34. The topological polar surface area (TPSA) is 28.1 Å². The lowest BCUT2D eigenvalue weighted by Crippen LogP contribution is -2.06. The van der Waals surface area contributed by atoms with Gasteiger partial charge in [0.15, 0.2) is 0 Å². The van der Waals surface area contributed by atoms with Gasteiger partial charge in [-0.15, -0.1) is 0 Å². The molecule has 0 radical (unpaired) electrons. The van der Waals surface area contributed by atoms with Gasteiger partial charge in [-0.1, -0.05) is 38.1 Å². The van der Waals surface area contributed by atoms with Gasteiger partial charge in [-0.3, -0.25) is 4.99 Å². The number of aromatic amines is 1. The maximum Gasteiger partial charge on any atom is 0.0515 e. The number of nitrogens with zero attached hydrogens (tertiary/aromatic N) is 1. The molecule has 19 heavy (non-hydrogen) atoms. The van der Waals surface area contributed by atoms with Crippen LogP contribution in [-0.2, 0) is 6.42 Å². The maximum atomic E-state index is 4.75. The van der Waals surface area contributed by atoms with Crippen molar-refractivity contribution < 1.29 is 0 Å². The highest BCUT2D eigenvalue weighted by molar-refractivity contribution is 5.94. The quantitative estimate of drug-likeness (QED) is 0.734. The molecule has 0 bridgehead atoms. The molecule has 1 aromatic carbocycles. The number of fused-ring (bicyclic) bond motifs is 1. The predicted molar refractivity (Wildman–Crippen MR) is 84.0 cm³/mol. The average Bonchev–Trinajstić information content (AvgIpc) is 2.82. The summed E-state index contributed by atoms with van der Waals surface area (Å²) >= 11 is 0. The molecule has 100 valence electrons. The number of para-hydroxylation sites is 1. The van der Waals surface area contributed by atoms with Crippen LogP contribution in [0.2, 0.25) is 0 Å². The van der Waals surface area contributed by atoms with Gasteiger partial charge in [0.1, 0.15) is 0 Å². The Morgan fingerprint density at radius 3 is 2.95 bits per heavy atom. The maximum absolute atomic E-state index is 4.75. The molecule has 0 aliphatic rings. The Labute approximate surface area is 115 Å². The number of hydrogen-bond donors (Lipinski definition) is 1. The van der Waals surface area contributed by atoms with Gasteiger partial charge in [-0.05, 0) is 37.5 Å². The molecule has 0 fully saturated rings. The van der Waals surface area contributed by atoms with E-state index in [0.29, 0.717) is 6.04 Å². The summed E-state index contributed by atoms with van der Waals surface area (Å²) in [7, 11) is 0. The van der Waals surface area contributed by atoms with Crippen molar-refractivity contribution in [2.75, 3.05) is 0 Å². The highest BCUT2D eigenvalue weighted by Gasteiger charge is 2.07. The fourth-order valence-electron chi connectivity index (χ4n) is 2.42. The SMILES string of the molecule is C=CC(CCC)=NC(C)Cc1c[nH]c2ccccc12. The molecule has 2 nitrogen and oxygen atoms in total. The molecular weight excluding hydrogens is 232 g/mol. The van der Waals surface area contributed by atoms with E-state index in [9.17, 15) is 0 Å². The van der Waals surface area contributed by atoms with Crippen LogP contribution in [-0.4, -0.2) is 16.7 Å². The van der Waals surface area contributed by atoms with Crippen molar-refractivity contribution in [2.24, 2.45) is 4.99 Å². The number of rotatable bonds is 6. The number of aliphatic imine (C=N–C) groups is 1. The van der Waals surface area contributed by atoms with Crippen LogP contribution in [0.15, 0.2) is 48.1 Å². The Balaban J connectivity index is 2.14. The lowest BCUT2D eigenvalue weighted by atomic mass is 10.1. The molecule has 0 saturated heterocycles. The summed E-state index contributed by atoms with van der Waals surface area (Å²) in [6, 6.07) is 8.71. The summed E-state index contributed by atoms with van der Waals surface area (Å²) in [4.78, 5) is 8.07. The standard InChI is InChI=1S/C17H22N2/c1-4-8-15(5-2)19-13(3)11-14-12-18-17-10-7-6-9-16(14)17/h5-7,9-10,12-13,18H,2,4,8,11H2,1,3H3. The van der Waals surface area contributed by atoms with Crippen molar-refractivity contribution >= 4 is 16.6 Å². The van der Waals surface area contributed by atoms with E-state index in [4.69, 9.17) is 4.99 Å². The Morgan fingerprint density at radius 1 is 1.42 bits per heavy atom. The van der Waals surface area contributed by atoms with E-state index in [0.717, 1.165) is 25.0 Å². The van der Waals surface area contributed by atoms with Gasteiger partial charge in [-0.25, -0.2) is 0 Å². The first-order valence-corrected chi connectivity index (χ1v) is 6.98. The number of H-pyrrole nitrogens is 1. The summed E-state index contributed by atoms with van der Waals surface area (Å²) in [6.07, 6.45) is 7.08. The molecule has 2 aromatic rings. The fraction of sp³-hybridized carbons (Fsp3) is 0.353. The van der Waals surface area contributed by atoms with Crippen molar-refractivity contribution in [1.82, 2.24) is 4.98 Å². The van der Waals surface area contributed by atoms with Crippen LogP contribution in [0.25, 0.3) is 10.9 Å². The number of aromatic nitrogens is 1. The van der Waals surface area contributed by atoms with Gasteiger partial charge in [0.05, 0.1) is 6.04 Å². The first kappa shape index (κ1) is 13.6. The Bertz CT molecular complexity index is 578. The van der Waals surface area contributed by atoms with Gasteiger partial charge >= 0.3 is 0 Å². The second-order valence-corrected chi connectivity index (χ2v) is 4.99. The fourth-order valence-corrected chi connectivity index (χ4v) is 2.42. The van der Waals surface area contributed by atoms with Crippen LogP contribution in [0.1, 0.15) is 32.3 Å². The van der Waals surface area contributed by atoms with Crippen molar-refractivity contribution in [2.45, 2.75) is 39.2 Å². The summed E-state index contributed by atoms with van der Waals surface area (Å²) in [6.45, 7) is 8.18. The minimum absolute atomic E-state index is 0.291. The normalized spacial score (nSPS) is 13.7. The van der Waals surface area contributed by atoms with Gasteiger partial charge < -0.3 is 4.98 Å². The highest BCUT2D eigenvalue weighted by atomic mass is 14.8. The largest absolute Gasteiger partial charge is 0.361 e. The molecule has 2 rings (SSSR count). The molecule has 0 aliphatic carbocycles. The summed E-state index contributed by atoms with van der Waals surface area (Å²) in [5.41, 5.74) is 3.66. The molecule has 1 aromatic heterocycles. The number of allylic oxidation sites excluding steroid dienone is 1. The third-order valence-electron chi connectivity index (χ3n) is 3.32. The van der Waals surface area contributed by atoms with Crippen LogP contribution in [0, 0.1) is 0 Å². The smallest absolute Gasteiger partial charge is 0.0515 e. The van der Waals surface area contributed by atoms with Gasteiger partial charge in [0, 0.05) is 22.8 Å².